The number of nitrogens with two attached hydrogens (primary N) is 1. The van der Waals surface area contributed by atoms with Crippen LogP contribution in [0.3, 0.4) is 0 Å². The Kier molecular flexibility index (Phi) is 10.6. The zero-order valence-electron chi connectivity index (χ0n) is 16.5. The Bertz CT molecular complexity index is 761. The van der Waals surface area contributed by atoms with Crippen molar-refractivity contribution in [2.75, 3.05) is 31.2 Å². The number of anilines is 3. The van der Waals surface area contributed by atoms with Gasteiger partial charge in [-0.05, 0) is 25.9 Å². The molecule has 2 aromatic heterocycles. The predicted octanol–water partition coefficient (Wildman–Crippen LogP) is 2.64. The van der Waals surface area contributed by atoms with Gasteiger partial charge in [-0.1, -0.05) is 20.3 Å². The number of rotatable bonds is 3. The first-order chi connectivity index (χ1) is 13.5. The number of nitrogens with zero attached hydrogens (tertiary/aromatic N) is 4. The van der Waals surface area contributed by atoms with Crippen LogP contribution in [0.25, 0.3) is 0 Å². The molecule has 0 saturated carbocycles. The average Bonchev–Trinajstić information content (AvgIpc) is 3.29. The summed E-state index contributed by atoms with van der Waals surface area (Å²) in [6.07, 6.45) is 8.06. The number of methoxy groups -OCH3 is 1. The summed E-state index contributed by atoms with van der Waals surface area (Å²) in [6, 6.07) is 3.34. The van der Waals surface area contributed by atoms with Crippen molar-refractivity contribution in [3.05, 3.63) is 35.9 Å². The lowest BCUT2D eigenvalue weighted by molar-refractivity contribution is 0.0601. The average molecular weight is 385 g/mol. The smallest absolute Gasteiger partial charge is 0.341 e. The van der Waals surface area contributed by atoms with E-state index in [1.54, 1.807) is 0 Å². The van der Waals surface area contributed by atoms with E-state index in [0.29, 0.717) is 11.6 Å². The number of nitriles is 1. The predicted molar refractivity (Wildman–Crippen MR) is 108 cm³/mol. The molecule has 1 fully saturated rings. The number of hydrogen-bond acceptors (Lipinski definition) is 9. The summed E-state index contributed by atoms with van der Waals surface area (Å²) >= 11 is 0. The van der Waals surface area contributed by atoms with E-state index in [-0.39, 0.29) is 16.9 Å². The Morgan fingerprint density at radius 1 is 1.21 bits per heavy atom. The molecule has 0 amide bonds. The van der Waals surface area contributed by atoms with Crippen LogP contribution in [0.4, 0.5) is 17.3 Å². The molecule has 9 nitrogen and oxygen atoms in total. The van der Waals surface area contributed by atoms with Crippen LogP contribution in [0.15, 0.2) is 24.7 Å². The Morgan fingerprint density at radius 2 is 1.86 bits per heavy atom. The van der Waals surface area contributed by atoms with Gasteiger partial charge in [0.2, 0.25) is 0 Å². The number of pyridine rings is 1. The van der Waals surface area contributed by atoms with Gasteiger partial charge in [0.25, 0.3) is 0 Å². The SMILES string of the molecule is C1CCNC1.CCC.COC(=O)c1cnc(Nc2cnc(C#N)cn2)cc1N. The lowest BCUT2D eigenvalue weighted by Gasteiger charge is -2.07. The molecule has 3 heterocycles. The Balaban J connectivity index is 0.000000409. The number of hydrogen-bond donors (Lipinski definition) is 3. The van der Waals surface area contributed by atoms with Crippen LogP contribution in [-0.2, 0) is 4.74 Å². The molecule has 0 unspecified atom stereocenters. The molecule has 4 N–H and O–H groups in total. The van der Waals surface area contributed by atoms with Crippen LogP contribution in [-0.4, -0.2) is 41.1 Å². The molecule has 1 saturated heterocycles. The van der Waals surface area contributed by atoms with Gasteiger partial charge in [-0.15, -0.1) is 0 Å². The summed E-state index contributed by atoms with van der Waals surface area (Å²) in [7, 11) is 1.26. The Hall–Kier alpha value is -3.25. The zero-order valence-corrected chi connectivity index (χ0v) is 16.5. The minimum Gasteiger partial charge on any atom is -0.465 e. The third-order valence-electron chi connectivity index (χ3n) is 3.32. The van der Waals surface area contributed by atoms with E-state index in [1.165, 1.54) is 64.1 Å². The van der Waals surface area contributed by atoms with Gasteiger partial charge in [0.05, 0.1) is 25.2 Å². The topological polar surface area (TPSA) is 139 Å². The number of carbonyl (C=O) groups is 1. The summed E-state index contributed by atoms with van der Waals surface area (Å²) in [5.74, 6) is 0.246. The second-order valence-corrected chi connectivity index (χ2v) is 5.84. The van der Waals surface area contributed by atoms with Crippen LogP contribution in [0, 0.1) is 11.3 Å². The maximum absolute atomic E-state index is 11.4. The van der Waals surface area contributed by atoms with Crippen LogP contribution >= 0.6 is 0 Å². The van der Waals surface area contributed by atoms with Gasteiger partial charge in [0.15, 0.2) is 5.69 Å². The van der Waals surface area contributed by atoms with Crippen molar-refractivity contribution < 1.29 is 9.53 Å². The third kappa shape index (κ3) is 7.97. The van der Waals surface area contributed by atoms with Gasteiger partial charge in [0.1, 0.15) is 23.3 Å². The number of nitrogen functional groups attached to an aromatic ring is 1. The van der Waals surface area contributed by atoms with Crippen molar-refractivity contribution in [1.82, 2.24) is 20.3 Å². The van der Waals surface area contributed by atoms with Gasteiger partial charge >= 0.3 is 5.97 Å². The standard InChI is InChI=1S/C12H10N6O2.C4H9N.C3H8/c1-20-12(19)8-5-17-10(2-9(8)14)18-11-6-15-7(3-13)4-16-11;1-2-4-5-3-1;1-3-2/h2,4-6H,1H3,(H3,14,16,17,18);5H,1-4H2;3H2,1-2H3. The third-order valence-corrected chi connectivity index (χ3v) is 3.32. The zero-order chi connectivity index (χ0) is 20.8. The quantitative estimate of drug-likeness (QED) is 0.680. The van der Waals surface area contributed by atoms with E-state index in [4.69, 9.17) is 11.0 Å². The largest absolute Gasteiger partial charge is 0.465 e. The number of esters is 1. The van der Waals surface area contributed by atoms with Gasteiger partial charge < -0.3 is 21.1 Å². The lowest BCUT2D eigenvalue weighted by Crippen LogP contribution is -2.07. The first-order valence-corrected chi connectivity index (χ1v) is 9.09. The van der Waals surface area contributed by atoms with Crippen LogP contribution < -0.4 is 16.4 Å². The van der Waals surface area contributed by atoms with Gasteiger partial charge in [0, 0.05) is 12.3 Å². The van der Waals surface area contributed by atoms with E-state index in [0.717, 1.165) is 0 Å². The summed E-state index contributed by atoms with van der Waals surface area (Å²) in [5.41, 5.74) is 6.37. The van der Waals surface area contributed by atoms with E-state index in [2.05, 4.69) is 44.2 Å². The summed E-state index contributed by atoms with van der Waals surface area (Å²) < 4.78 is 4.57. The fraction of sp³-hybridized carbons (Fsp3) is 0.421. The molecule has 3 rings (SSSR count). The van der Waals surface area contributed by atoms with Crippen LogP contribution in [0.1, 0.15) is 49.2 Å². The number of nitrogens with one attached hydrogen (secondary N) is 2. The van der Waals surface area contributed by atoms with Crippen molar-refractivity contribution in [2.45, 2.75) is 33.1 Å². The monoisotopic (exact) mass is 385 g/mol. The molecule has 0 spiro atoms. The van der Waals surface area contributed by atoms with E-state index in [9.17, 15) is 4.79 Å². The number of ether oxygens (including phenoxy) is 1. The summed E-state index contributed by atoms with van der Waals surface area (Å²) in [5, 5.41) is 14.7. The highest BCUT2D eigenvalue weighted by molar-refractivity contribution is 5.95. The normalized spacial score (nSPS) is 11.8. The van der Waals surface area contributed by atoms with Crippen molar-refractivity contribution in [3.63, 3.8) is 0 Å². The van der Waals surface area contributed by atoms with Crippen molar-refractivity contribution in [2.24, 2.45) is 0 Å². The number of aromatic nitrogens is 3. The molecule has 2 aromatic rings. The van der Waals surface area contributed by atoms with Gasteiger partial charge in [-0.3, -0.25) is 0 Å². The fourth-order valence-corrected chi connectivity index (χ4v) is 2.03. The van der Waals surface area contributed by atoms with E-state index in [1.807, 2.05) is 6.07 Å². The molecular weight excluding hydrogens is 358 g/mol. The summed E-state index contributed by atoms with van der Waals surface area (Å²) in [6.45, 7) is 6.75. The fourth-order valence-electron chi connectivity index (χ4n) is 2.03. The molecule has 0 atom stereocenters. The maximum Gasteiger partial charge on any atom is 0.341 e. The van der Waals surface area contributed by atoms with Gasteiger partial charge in [-0.2, -0.15) is 5.26 Å². The Morgan fingerprint density at radius 3 is 2.29 bits per heavy atom. The number of carbonyl (C=O) groups excluding carboxylic acids is 1. The molecule has 28 heavy (non-hydrogen) atoms. The van der Waals surface area contributed by atoms with Crippen LogP contribution in [0.5, 0.6) is 0 Å². The van der Waals surface area contributed by atoms with Crippen molar-refractivity contribution in [1.29, 1.82) is 5.26 Å². The molecule has 150 valence electrons. The lowest BCUT2D eigenvalue weighted by atomic mass is 10.2. The first-order valence-electron chi connectivity index (χ1n) is 9.09. The first kappa shape index (κ1) is 22.8. The summed E-state index contributed by atoms with van der Waals surface area (Å²) in [4.78, 5) is 23.2. The molecule has 9 heteroatoms. The van der Waals surface area contributed by atoms with Crippen LogP contribution in [0.2, 0.25) is 0 Å². The highest BCUT2D eigenvalue weighted by atomic mass is 16.5. The maximum atomic E-state index is 11.4. The van der Waals surface area contributed by atoms with Crippen molar-refractivity contribution >= 4 is 23.3 Å². The molecule has 0 aliphatic carbocycles. The second-order valence-electron chi connectivity index (χ2n) is 5.84. The minimum absolute atomic E-state index is 0.184. The van der Waals surface area contributed by atoms with E-state index < -0.39 is 5.97 Å². The molecule has 1 aliphatic heterocycles. The minimum atomic E-state index is -0.556. The molecule has 0 bridgehead atoms. The highest BCUT2D eigenvalue weighted by Crippen LogP contribution is 2.18. The molecule has 1 aliphatic rings. The Labute approximate surface area is 165 Å². The van der Waals surface area contributed by atoms with Crippen molar-refractivity contribution in [3.8, 4) is 6.07 Å². The highest BCUT2D eigenvalue weighted by Gasteiger charge is 2.11. The molecular formula is C19H27N7O2. The van der Waals surface area contributed by atoms with Gasteiger partial charge in [-0.25, -0.2) is 19.7 Å². The molecule has 0 radical (unpaired) electrons. The van der Waals surface area contributed by atoms with E-state index >= 15 is 0 Å². The molecule has 0 aromatic carbocycles. The second kappa shape index (κ2) is 13.0.